The van der Waals surface area contributed by atoms with Crippen LogP contribution in [0.25, 0.3) is 0 Å². The van der Waals surface area contributed by atoms with Gasteiger partial charge in [0.15, 0.2) is 0 Å². The zero-order valence-electron chi connectivity index (χ0n) is 12.4. The fourth-order valence-corrected chi connectivity index (χ4v) is 3.35. The molecule has 1 aliphatic heterocycles. The third-order valence-corrected chi connectivity index (χ3v) is 4.78. The van der Waals surface area contributed by atoms with Crippen LogP contribution in [-0.2, 0) is 14.8 Å². The van der Waals surface area contributed by atoms with Crippen LogP contribution in [0.1, 0.15) is 19.8 Å². The first-order valence-corrected chi connectivity index (χ1v) is 8.65. The Hall–Kier alpha value is -1.80. The van der Waals surface area contributed by atoms with Crippen molar-refractivity contribution in [3.63, 3.8) is 0 Å². The highest BCUT2D eigenvalue weighted by molar-refractivity contribution is 7.89. The van der Waals surface area contributed by atoms with Gasteiger partial charge in [0.2, 0.25) is 10.0 Å². The summed E-state index contributed by atoms with van der Waals surface area (Å²) in [6.07, 6.45) is 0.697. The van der Waals surface area contributed by atoms with E-state index in [1.807, 2.05) is 0 Å². The van der Waals surface area contributed by atoms with E-state index in [0.717, 1.165) is 25.2 Å². The minimum Gasteiger partial charge on any atom is -0.490 e. The Balaban J connectivity index is 2.21. The van der Waals surface area contributed by atoms with Crippen LogP contribution < -0.4 is 14.4 Å². The number of nitrogens with zero attached hydrogens (tertiary/aromatic N) is 1. The molecule has 1 aliphatic rings. The molecule has 0 bridgehead atoms. The third-order valence-electron chi connectivity index (χ3n) is 3.32. The molecule has 122 valence electrons. The molecule has 2 N–H and O–H groups in total. The number of carboxylic acid groups (broad SMARTS) is 1. The number of anilines is 1. The first kappa shape index (κ1) is 16.6. The van der Waals surface area contributed by atoms with E-state index in [1.165, 1.54) is 6.07 Å². The van der Waals surface area contributed by atoms with E-state index in [0.29, 0.717) is 12.4 Å². The van der Waals surface area contributed by atoms with Gasteiger partial charge >= 0.3 is 5.97 Å². The van der Waals surface area contributed by atoms with Crippen LogP contribution in [0.4, 0.5) is 5.69 Å². The number of nitrogens with one attached hydrogen (secondary N) is 1. The van der Waals surface area contributed by atoms with Gasteiger partial charge in [-0.25, -0.2) is 13.1 Å². The summed E-state index contributed by atoms with van der Waals surface area (Å²) < 4.78 is 32.2. The van der Waals surface area contributed by atoms with Crippen LogP contribution in [0.2, 0.25) is 0 Å². The molecule has 0 aromatic heterocycles. The molecule has 2 rings (SSSR count). The summed E-state index contributed by atoms with van der Waals surface area (Å²) in [7, 11) is -3.72. The number of aliphatic carboxylic acids is 1. The van der Waals surface area contributed by atoms with Crippen molar-refractivity contribution in [2.45, 2.75) is 24.7 Å². The Morgan fingerprint density at radius 2 is 2.23 bits per heavy atom. The van der Waals surface area contributed by atoms with Crippen molar-refractivity contribution in [3.05, 3.63) is 18.2 Å². The van der Waals surface area contributed by atoms with Crippen molar-refractivity contribution in [3.8, 4) is 5.75 Å². The molecule has 0 unspecified atom stereocenters. The number of sulfonamides is 1. The van der Waals surface area contributed by atoms with E-state index in [4.69, 9.17) is 9.84 Å². The molecular weight excluding hydrogens is 308 g/mol. The molecule has 0 aliphatic carbocycles. The fourth-order valence-electron chi connectivity index (χ4n) is 2.30. The van der Waals surface area contributed by atoms with Gasteiger partial charge in [-0.3, -0.25) is 4.79 Å². The number of fused-ring (bicyclic) bond motifs is 1. The molecule has 0 saturated heterocycles. The van der Waals surface area contributed by atoms with Gasteiger partial charge in [-0.15, -0.1) is 0 Å². The van der Waals surface area contributed by atoms with Crippen LogP contribution in [-0.4, -0.2) is 45.7 Å². The van der Waals surface area contributed by atoms with Gasteiger partial charge in [-0.1, -0.05) is 6.92 Å². The zero-order chi connectivity index (χ0) is 16.2. The second-order valence-electron chi connectivity index (χ2n) is 5.01. The SMILES string of the molecule is CCCN1CCOc2ccc(S(=O)(=O)NCCC(=O)O)cc21. The Morgan fingerprint density at radius 1 is 1.45 bits per heavy atom. The fraction of sp³-hybridized carbons (Fsp3) is 0.500. The molecular formula is C14H20N2O5S. The Kier molecular flexibility index (Phi) is 5.25. The van der Waals surface area contributed by atoms with Gasteiger partial charge in [0.25, 0.3) is 0 Å². The Labute approximate surface area is 129 Å². The maximum atomic E-state index is 12.2. The lowest BCUT2D eigenvalue weighted by molar-refractivity contribution is -0.136. The molecule has 0 amide bonds. The molecule has 1 aromatic rings. The number of hydrogen-bond donors (Lipinski definition) is 2. The molecule has 0 saturated carbocycles. The average molecular weight is 328 g/mol. The lowest BCUT2D eigenvalue weighted by atomic mass is 10.2. The monoisotopic (exact) mass is 328 g/mol. The molecule has 1 aromatic carbocycles. The summed E-state index contributed by atoms with van der Waals surface area (Å²) in [5.41, 5.74) is 0.759. The first-order chi connectivity index (χ1) is 10.4. The molecule has 0 fully saturated rings. The largest absolute Gasteiger partial charge is 0.490 e. The number of rotatable bonds is 7. The minimum atomic E-state index is -3.72. The zero-order valence-corrected chi connectivity index (χ0v) is 13.2. The number of benzene rings is 1. The second-order valence-corrected chi connectivity index (χ2v) is 6.77. The van der Waals surface area contributed by atoms with Gasteiger partial charge in [0.1, 0.15) is 12.4 Å². The molecule has 8 heteroatoms. The average Bonchev–Trinajstić information content (AvgIpc) is 2.47. The second kappa shape index (κ2) is 6.97. The highest BCUT2D eigenvalue weighted by Gasteiger charge is 2.22. The van der Waals surface area contributed by atoms with Crippen molar-refractivity contribution >= 4 is 21.7 Å². The van der Waals surface area contributed by atoms with Crippen LogP contribution in [0.3, 0.4) is 0 Å². The Morgan fingerprint density at radius 3 is 2.91 bits per heavy atom. The number of ether oxygens (including phenoxy) is 1. The van der Waals surface area contributed by atoms with Crippen LogP contribution in [0.5, 0.6) is 5.75 Å². The van der Waals surface area contributed by atoms with Crippen molar-refractivity contribution in [2.75, 3.05) is 31.1 Å². The third kappa shape index (κ3) is 3.89. The van der Waals surface area contributed by atoms with Gasteiger partial charge in [0, 0.05) is 13.1 Å². The van der Waals surface area contributed by atoms with Crippen LogP contribution >= 0.6 is 0 Å². The summed E-state index contributed by atoms with van der Waals surface area (Å²) in [5.74, 6) is -0.375. The van der Waals surface area contributed by atoms with Gasteiger partial charge < -0.3 is 14.7 Å². The van der Waals surface area contributed by atoms with E-state index in [2.05, 4.69) is 16.5 Å². The predicted octanol–water partition coefficient (Wildman–Crippen LogP) is 1.05. The summed E-state index contributed by atoms with van der Waals surface area (Å²) in [5, 5.41) is 8.57. The molecule has 22 heavy (non-hydrogen) atoms. The van der Waals surface area contributed by atoms with E-state index < -0.39 is 16.0 Å². The minimum absolute atomic E-state index is 0.114. The molecule has 7 nitrogen and oxygen atoms in total. The summed E-state index contributed by atoms with van der Waals surface area (Å²) in [4.78, 5) is 12.7. The molecule has 0 radical (unpaired) electrons. The Bertz CT molecular complexity index is 645. The highest BCUT2D eigenvalue weighted by Crippen LogP contribution is 2.33. The topological polar surface area (TPSA) is 95.9 Å². The summed E-state index contributed by atoms with van der Waals surface area (Å²) in [6, 6.07) is 4.69. The lowest BCUT2D eigenvalue weighted by Gasteiger charge is -2.31. The van der Waals surface area contributed by atoms with E-state index >= 15 is 0 Å². The molecule has 0 atom stereocenters. The predicted molar refractivity (Wildman–Crippen MR) is 81.9 cm³/mol. The summed E-state index contributed by atoms with van der Waals surface area (Å²) in [6.45, 7) is 4.05. The normalized spacial score (nSPS) is 14.3. The number of carbonyl (C=O) groups is 1. The maximum Gasteiger partial charge on any atom is 0.304 e. The van der Waals surface area contributed by atoms with E-state index in [-0.39, 0.29) is 17.9 Å². The first-order valence-electron chi connectivity index (χ1n) is 7.17. The molecule has 0 spiro atoms. The van der Waals surface area contributed by atoms with Gasteiger partial charge in [0.05, 0.1) is 23.5 Å². The van der Waals surface area contributed by atoms with E-state index in [9.17, 15) is 13.2 Å². The summed E-state index contributed by atoms with van der Waals surface area (Å²) >= 11 is 0. The van der Waals surface area contributed by atoms with E-state index in [1.54, 1.807) is 12.1 Å². The quantitative estimate of drug-likeness (QED) is 0.777. The van der Waals surface area contributed by atoms with Crippen molar-refractivity contribution < 1.29 is 23.1 Å². The van der Waals surface area contributed by atoms with Gasteiger partial charge in [-0.05, 0) is 24.6 Å². The standard InChI is InChI=1S/C14H20N2O5S/c1-2-7-16-8-9-21-13-4-3-11(10-12(13)16)22(19,20)15-6-5-14(17)18/h3-4,10,15H,2,5-9H2,1H3,(H,17,18). The van der Waals surface area contributed by atoms with Crippen molar-refractivity contribution in [2.24, 2.45) is 0 Å². The highest BCUT2D eigenvalue weighted by atomic mass is 32.2. The maximum absolute atomic E-state index is 12.2. The van der Waals surface area contributed by atoms with Crippen molar-refractivity contribution in [1.29, 1.82) is 0 Å². The lowest BCUT2D eigenvalue weighted by Crippen LogP contribution is -2.33. The van der Waals surface area contributed by atoms with Gasteiger partial charge in [-0.2, -0.15) is 0 Å². The number of carboxylic acids is 1. The van der Waals surface area contributed by atoms with Crippen LogP contribution in [0.15, 0.2) is 23.1 Å². The molecule has 1 heterocycles. The smallest absolute Gasteiger partial charge is 0.304 e. The number of hydrogen-bond acceptors (Lipinski definition) is 5. The van der Waals surface area contributed by atoms with Crippen LogP contribution in [0, 0.1) is 0 Å². The van der Waals surface area contributed by atoms with Crippen molar-refractivity contribution in [1.82, 2.24) is 4.72 Å².